The number of carbonyl (C=O) groups is 2. The summed E-state index contributed by atoms with van der Waals surface area (Å²) in [4.78, 5) is 25.4. The van der Waals surface area contributed by atoms with E-state index in [0.717, 1.165) is 41.3 Å². The van der Waals surface area contributed by atoms with Crippen molar-refractivity contribution in [3.63, 3.8) is 0 Å². The third-order valence-electron chi connectivity index (χ3n) is 5.68. The fraction of sp³-hybridized carbons (Fsp3) is 0.333. The van der Waals surface area contributed by atoms with Crippen LogP contribution < -0.4 is 4.74 Å². The number of fused-ring (bicyclic) bond motifs is 1. The van der Waals surface area contributed by atoms with Crippen LogP contribution in [0.4, 0.5) is 17.6 Å². The summed E-state index contributed by atoms with van der Waals surface area (Å²) >= 11 is 0. The fourth-order valence-corrected chi connectivity index (χ4v) is 4.03. The van der Waals surface area contributed by atoms with Gasteiger partial charge in [-0.3, -0.25) is 14.2 Å². The van der Waals surface area contributed by atoms with Gasteiger partial charge in [0, 0.05) is 22.7 Å². The molecule has 0 aliphatic carbocycles. The molecule has 0 spiro atoms. The molecule has 1 unspecified atom stereocenters. The second kappa shape index (κ2) is 9.25. The van der Waals surface area contributed by atoms with Gasteiger partial charge in [0.05, 0.1) is 24.1 Å². The van der Waals surface area contributed by atoms with Gasteiger partial charge in [-0.05, 0) is 49.2 Å². The predicted molar refractivity (Wildman–Crippen MR) is 114 cm³/mol. The van der Waals surface area contributed by atoms with Gasteiger partial charge in [0.2, 0.25) is 0 Å². The molecule has 0 aliphatic rings. The number of hydrogen-bond donors (Lipinski definition) is 1. The molecule has 0 radical (unpaired) electrons. The summed E-state index contributed by atoms with van der Waals surface area (Å²) in [7, 11) is 1.27. The predicted octanol–water partition coefficient (Wildman–Crippen LogP) is 6.16. The van der Waals surface area contributed by atoms with E-state index in [0.29, 0.717) is 23.8 Å². The Bertz CT molecular complexity index is 1200. The zero-order valence-corrected chi connectivity index (χ0v) is 18.3. The van der Waals surface area contributed by atoms with Gasteiger partial charge in [-0.15, -0.1) is 0 Å². The minimum Gasteiger partial charge on any atom is -0.494 e. The van der Waals surface area contributed by atoms with Crippen molar-refractivity contribution in [1.29, 1.82) is 0 Å². The largest absolute Gasteiger partial charge is 0.494 e. The summed E-state index contributed by atoms with van der Waals surface area (Å²) < 4.78 is 59.5. The number of halogens is 4. The zero-order valence-electron chi connectivity index (χ0n) is 18.3. The van der Waals surface area contributed by atoms with E-state index in [4.69, 9.17) is 4.74 Å². The Morgan fingerprint density at radius 3 is 2.30 bits per heavy atom. The molecule has 0 amide bonds. The first-order valence-electron chi connectivity index (χ1n) is 10.3. The third-order valence-corrected chi connectivity index (χ3v) is 5.68. The lowest BCUT2D eigenvalue weighted by atomic mass is 9.91. The number of carboxylic acid groups (broad SMARTS) is 1. The Morgan fingerprint density at radius 2 is 1.79 bits per heavy atom. The summed E-state index contributed by atoms with van der Waals surface area (Å²) in [5, 5.41) is 10.2. The Labute approximate surface area is 187 Å². The van der Waals surface area contributed by atoms with Crippen molar-refractivity contribution in [3.05, 3.63) is 64.6 Å². The third kappa shape index (κ3) is 4.58. The average Bonchev–Trinajstić information content (AvgIpc) is 3.03. The molecular formula is C24H23F4NO4. The Kier molecular flexibility index (Phi) is 6.81. The van der Waals surface area contributed by atoms with Crippen LogP contribution >= 0.6 is 0 Å². The maximum absolute atomic E-state index is 14.6. The molecule has 1 heterocycles. The van der Waals surface area contributed by atoms with E-state index in [2.05, 4.69) is 0 Å². The molecule has 1 aromatic heterocycles. The van der Waals surface area contributed by atoms with Crippen LogP contribution in [0.15, 0.2) is 36.4 Å². The lowest BCUT2D eigenvalue weighted by molar-refractivity contribution is -0.139. The van der Waals surface area contributed by atoms with Crippen molar-refractivity contribution >= 4 is 22.8 Å². The smallest absolute Gasteiger partial charge is 0.416 e. The van der Waals surface area contributed by atoms with Crippen LogP contribution in [0, 0.1) is 12.7 Å². The summed E-state index contributed by atoms with van der Waals surface area (Å²) in [6.45, 7) is 3.46. The second-order valence-electron chi connectivity index (χ2n) is 7.75. The van der Waals surface area contributed by atoms with Gasteiger partial charge in [-0.2, -0.15) is 13.2 Å². The monoisotopic (exact) mass is 465 g/mol. The van der Waals surface area contributed by atoms with E-state index in [1.807, 2.05) is 6.92 Å². The highest BCUT2D eigenvalue weighted by molar-refractivity contribution is 6.05. The summed E-state index contributed by atoms with van der Waals surface area (Å²) in [5.41, 5.74) is -0.203. The number of hydrogen-bond acceptors (Lipinski definition) is 3. The van der Waals surface area contributed by atoms with Crippen LogP contribution in [0.1, 0.15) is 59.3 Å². The van der Waals surface area contributed by atoms with Gasteiger partial charge in [0.15, 0.2) is 11.6 Å². The van der Waals surface area contributed by atoms with Crippen molar-refractivity contribution in [2.75, 3.05) is 7.11 Å². The van der Waals surface area contributed by atoms with Crippen LogP contribution in [0.3, 0.4) is 0 Å². The van der Waals surface area contributed by atoms with Gasteiger partial charge in [-0.1, -0.05) is 19.8 Å². The fourth-order valence-electron chi connectivity index (χ4n) is 4.03. The SMILES string of the molecule is CCCCC(C(=O)O)c1c(C)n(C(=O)c2ccc(C(F)(F)F)cc2)c2cc(F)c(OC)cc12. The number of carboxylic acids is 1. The van der Waals surface area contributed by atoms with Gasteiger partial charge < -0.3 is 9.84 Å². The molecule has 0 bridgehead atoms. The molecule has 176 valence electrons. The molecule has 0 aliphatic heterocycles. The second-order valence-corrected chi connectivity index (χ2v) is 7.75. The molecule has 5 nitrogen and oxygen atoms in total. The van der Waals surface area contributed by atoms with Crippen LogP contribution in [0.2, 0.25) is 0 Å². The number of methoxy groups -OCH3 is 1. The van der Waals surface area contributed by atoms with Crippen molar-refractivity contribution in [1.82, 2.24) is 4.57 Å². The normalized spacial score (nSPS) is 12.7. The molecule has 3 aromatic rings. The highest BCUT2D eigenvalue weighted by Gasteiger charge is 2.32. The molecule has 3 rings (SSSR count). The standard InChI is InChI=1S/C24H23F4NO4/c1-4-5-6-16(23(31)32)21-13(2)29(19-12-18(25)20(33-3)11-17(19)21)22(30)14-7-9-15(10-8-14)24(26,27)28/h7-12,16H,4-6H2,1-3H3,(H,31,32). The topological polar surface area (TPSA) is 68.5 Å². The Hall–Kier alpha value is -3.36. The molecule has 1 N–H and O–H groups in total. The van der Waals surface area contributed by atoms with Crippen LogP contribution in [-0.4, -0.2) is 28.7 Å². The lowest BCUT2D eigenvalue weighted by Gasteiger charge is -2.14. The molecular weight excluding hydrogens is 442 g/mol. The maximum atomic E-state index is 14.6. The van der Waals surface area contributed by atoms with Crippen LogP contribution in [0.5, 0.6) is 5.75 Å². The van der Waals surface area contributed by atoms with E-state index in [1.54, 1.807) is 6.92 Å². The number of ether oxygens (including phenoxy) is 1. The summed E-state index contributed by atoms with van der Waals surface area (Å²) in [6, 6.07) is 6.10. The Balaban J connectivity index is 2.25. The number of aliphatic carboxylic acids is 1. The summed E-state index contributed by atoms with van der Waals surface area (Å²) in [6.07, 6.45) is -2.88. The molecule has 1 atom stereocenters. The zero-order chi connectivity index (χ0) is 24.5. The van der Waals surface area contributed by atoms with E-state index in [9.17, 15) is 32.3 Å². The van der Waals surface area contributed by atoms with E-state index in [1.165, 1.54) is 13.2 Å². The van der Waals surface area contributed by atoms with Crippen molar-refractivity contribution < 1.29 is 37.0 Å². The first-order valence-corrected chi connectivity index (χ1v) is 10.3. The molecule has 33 heavy (non-hydrogen) atoms. The van der Waals surface area contributed by atoms with E-state index < -0.39 is 35.4 Å². The van der Waals surface area contributed by atoms with Crippen molar-refractivity contribution in [2.24, 2.45) is 0 Å². The maximum Gasteiger partial charge on any atom is 0.416 e. The number of nitrogens with zero attached hydrogens (tertiary/aromatic N) is 1. The van der Waals surface area contributed by atoms with E-state index >= 15 is 0 Å². The molecule has 0 saturated carbocycles. The van der Waals surface area contributed by atoms with Crippen molar-refractivity contribution in [2.45, 2.75) is 45.2 Å². The number of unbranched alkanes of at least 4 members (excludes halogenated alkanes) is 1. The highest BCUT2D eigenvalue weighted by atomic mass is 19.4. The average molecular weight is 465 g/mol. The quantitative estimate of drug-likeness (QED) is 0.424. The number of carbonyl (C=O) groups excluding carboxylic acids is 1. The van der Waals surface area contributed by atoms with Gasteiger partial charge in [0.1, 0.15) is 0 Å². The van der Waals surface area contributed by atoms with Crippen molar-refractivity contribution in [3.8, 4) is 5.75 Å². The number of aromatic nitrogens is 1. The van der Waals surface area contributed by atoms with Crippen LogP contribution in [-0.2, 0) is 11.0 Å². The van der Waals surface area contributed by atoms with Crippen LogP contribution in [0.25, 0.3) is 10.9 Å². The first kappa shape index (κ1) is 24.3. The highest BCUT2D eigenvalue weighted by Crippen LogP contribution is 2.38. The van der Waals surface area contributed by atoms with Gasteiger partial charge in [-0.25, -0.2) is 4.39 Å². The molecule has 0 fully saturated rings. The van der Waals surface area contributed by atoms with Gasteiger partial charge >= 0.3 is 12.1 Å². The Morgan fingerprint density at radius 1 is 1.15 bits per heavy atom. The first-order chi connectivity index (χ1) is 15.5. The number of benzene rings is 2. The van der Waals surface area contributed by atoms with Gasteiger partial charge in [0.25, 0.3) is 5.91 Å². The molecule has 2 aromatic carbocycles. The number of rotatable bonds is 7. The lowest BCUT2D eigenvalue weighted by Crippen LogP contribution is -2.17. The molecule has 0 saturated heterocycles. The number of alkyl halides is 3. The van der Waals surface area contributed by atoms with E-state index in [-0.39, 0.29) is 22.5 Å². The summed E-state index contributed by atoms with van der Waals surface area (Å²) in [5.74, 6) is -3.60. The molecule has 9 heteroatoms. The minimum atomic E-state index is -4.56. The minimum absolute atomic E-state index is 0.0498.